The molecule has 0 heterocycles. The zero-order chi connectivity index (χ0) is 11.4. The van der Waals surface area contributed by atoms with E-state index >= 15 is 0 Å². The number of carbonyl (C=O) groups is 2. The molecule has 0 radical (unpaired) electrons. The van der Waals surface area contributed by atoms with Gasteiger partial charge in [0.25, 0.3) is 0 Å². The molecule has 3 atom stereocenters. The van der Waals surface area contributed by atoms with Crippen LogP contribution in [0.1, 0.15) is 33.1 Å². The number of ether oxygens (including phenoxy) is 1. The number of hydrogen-bond acceptors (Lipinski definition) is 3. The summed E-state index contributed by atoms with van der Waals surface area (Å²) >= 11 is 0. The Balaban J connectivity index is 2.68. The van der Waals surface area contributed by atoms with E-state index in [0.717, 1.165) is 0 Å². The lowest BCUT2D eigenvalue weighted by Crippen LogP contribution is -2.26. The first-order chi connectivity index (χ1) is 7.10. The summed E-state index contributed by atoms with van der Waals surface area (Å²) in [6, 6.07) is 0. The minimum Gasteiger partial charge on any atom is -0.466 e. The topological polar surface area (TPSA) is 43.4 Å². The summed E-state index contributed by atoms with van der Waals surface area (Å²) in [7, 11) is 0. The lowest BCUT2D eigenvalue weighted by molar-refractivity contribution is -0.151. The van der Waals surface area contributed by atoms with Gasteiger partial charge in [-0.15, -0.1) is 0 Å². The van der Waals surface area contributed by atoms with Crippen molar-refractivity contribution in [2.75, 3.05) is 6.61 Å². The van der Waals surface area contributed by atoms with Gasteiger partial charge in [0.1, 0.15) is 12.0 Å². The van der Waals surface area contributed by atoms with Gasteiger partial charge >= 0.3 is 5.97 Å². The van der Waals surface area contributed by atoms with E-state index in [1.807, 2.05) is 0 Å². The Kier molecular flexibility index (Phi) is 4.24. The molecule has 15 heavy (non-hydrogen) atoms. The van der Waals surface area contributed by atoms with Gasteiger partial charge in [-0.3, -0.25) is 9.59 Å². The zero-order valence-electron chi connectivity index (χ0n) is 9.16. The molecular formula is C11H17FO3. The van der Waals surface area contributed by atoms with Gasteiger partial charge in [-0.05, 0) is 19.8 Å². The highest BCUT2D eigenvalue weighted by Gasteiger charge is 2.42. The van der Waals surface area contributed by atoms with Crippen molar-refractivity contribution in [2.24, 2.45) is 11.8 Å². The molecule has 0 aliphatic heterocycles. The number of esters is 1. The fourth-order valence-corrected chi connectivity index (χ4v) is 2.10. The molecule has 86 valence electrons. The molecule has 0 bridgehead atoms. The second-order valence-electron chi connectivity index (χ2n) is 3.85. The highest BCUT2D eigenvalue weighted by Crippen LogP contribution is 2.36. The summed E-state index contributed by atoms with van der Waals surface area (Å²) < 4.78 is 18.0. The molecular weight excluding hydrogens is 199 g/mol. The van der Waals surface area contributed by atoms with Gasteiger partial charge in [0.05, 0.1) is 12.5 Å². The van der Waals surface area contributed by atoms with Crippen LogP contribution in [0.4, 0.5) is 4.39 Å². The van der Waals surface area contributed by atoms with Crippen LogP contribution in [0.15, 0.2) is 0 Å². The SMILES string of the molecule is CCOC(=O)C1CC(F)CC1C(=O)CC. The summed E-state index contributed by atoms with van der Waals surface area (Å²) in [4.78, 5) is 23.0. The Bertz CT molecular complexity index is 252. The number of rotatable bonds is 4. The molecule has 0 saturated heterocycles. The minimum atomic E-state index is -1.04. The number of alkyl halides is 1. The molecule has 0 N–H and O–H groups in total. The van der Waals surface area contributed by atoms with Crippen LogP contribution in [0.5, 0.6) is 0 Å². The molecule has 3 unspecified atom stereocenters. The van der Waals surface area contributed by atoms with Crippen LogP contribution in [0, 0.1) is 11.8 Å². The summed E-state index contributed by atoms with van der Waals surface area (Å²) in [5.74, 6) is -1.49. The second-order valence-corrected chi connectivity index (χ2v) is 3.85. The number of hydrogen-bond donors (Lipinski definition) is 0. The molecule has 0 amide bonds. The van der Waals surface area contributed by atoms with Crippen LogP contribution in [0.25, 0.3) is 0 Å². The lowest BCUT2D eigenvalue weighted by atomic mass is 9.91. The molecule has 0 aromatic heterocycles. The number of halogens is 1. The monoisotopic (exact) mass is 216 g/mol. The maximum Gasteiger partial charge on any atom is 0.309 e. The fraction of sp³-hybridized carbons (Fsp3) is 0.818. The first-order valence-electron chi connectivity index (χ1n) is 5.43. The Morgan fingerprint density at radius 1 is 1.27 bits per heavy atom. The van der Waals surface area contributed by atoms with E-state index in [2.05, 4.69) is 0 Å². The highest BCUT2D eigenvalue weighted by atomic mass is 19.1. The third kappa shape index (κ3) is 2.76. The summed E-state index contributed by atoms with van der Waals surface area (Å²) in [6.07, 6.45) is -0.376. The van der Waals surface area contributed by atoms with Gasteiger partial charge in [0.15, 0.2) is 0 Å². The van der Waals surface area contributed by atoms with Gasteiger partial charge in [-0.2, -0.15) is 0 Å². The van der Waals surface area contributed by atoms with Crippen molar-refractivity contribution in [3.63, 3.8) is 0 Å². The standard InChI is InChI=1S/C11H17FO3/c1-3-10(13)8-5-7(12)6-9(8)11(14)15-4-2/h7-9H,3-6H2,1-2H3. The third-order valence-electron chi connectivity index (χ3n) is 2.86. The number of ketones is 1. The van der Waals surface area contributed by atoms with Crippen LogP contribution < -0.4 is 0 Å². The number of Topliss-reactive ketones (excluding diaryl/α,β-unsaturated/α-hetero) is 1. The summed E-state index contributed by atoms with van der Waals surface area (Å²) in [6.45, 7) is 3.71. The first-order valence-corrected chi connectivity index (χ1v) is 5.43. The van der Waals surface area contributed by atoms with Crippen LogP contribution in [0.2, 0.25) is 0 Å². The van der Waals surface area contributed by atoms with Crippen molar-refractivity contribution in [1.82, 2.24) is 0 Å². The quantitative estimate of drug-likeness (QED) is 0.674. The van der Waals surface area contributed by atoms with Gasteiger partial charge < -0.3 is 4.74 Å². The molecule has 1 rings (SSSR count). The van der Waals surface area contributed by atoms with Gasteiger partial charge in [-0.1, -0.05) is 6.92 Å². The molecule has 0 spiro atoms. The van der Waals surface area contributed by atoms with Crippen molar-refractivity contribution < 1.29 is 18.7 Å². The first kappa shape index (κ1) is 12.1. The summed E-state index contributed by atoms with van der Waals surface area (Å²) in [5, 5.41) is 0. The van der Waals surface area contributed by atoms with Crippen molar-refractivity contribution in [3.05, 3.63) is 0 Å². The van der Waals surface area contributed by atoms with E-state index in [-0.39, 0.29) is 25.2 Å². The molecule has 1 fully saturated rings. The van der Waals surface area contributed by atoms with Crippen LogP contribution in [-0.2, 0) is 14.3 Å². The third-order valence-corrected chi connectivity index (χ3v) is 2.86. The Morgan fingerprint density at radius 3 is 2.40 bits per heavy atom. The highest BCUT2D eigenvalue weighted by molar-refractivity contribution is 5.87. The van der Waals surface area contributed by atoms with Gasteiger partial charge in [-0.25, -0.2) is 4.39 Å². The second kappa shape index (κ2) is 5.24. The molecule has 3 nitrogen and oxygen atoms in total. The van der Waals surface area contributed by atoms with Crippen LogP contribution in [0.3, 0.4) is 0 Å². The van der Waals surface area contributed by atoms with Crippen LogP contribution >= 0.6 is 0 Å². The Labute approximate surface area is 89.0 Å². The maximum absolute atomic E-state index is 13.2. The average Bonchev–Trinajstić information content (AvgIpc) is 2.59. The maximum atomic E-state index is 13.2. The molecule has 1 aliphatic rings. The Hall–Kier alpha value is -0.930. The van der Waals surface area contributed by atoms with Crippen molar-refractivity contribution in [2.45, 2.75) is 39.3 Å². The van der Waals surface area contributed by atoms with E-state index in [9.17, 15) is 14.0 Å². The van der Waals surface area contributed by atoms with Crippen molar-refractivity contribution in [1.29, 1.82) is 0 Å². The van der Waals surface area contributed by atoms with Crippen LogP contribution in [-0.4, -0.2) is 24.5 Å². The normalized spacial score (nSPS) is 30.2. The molecule has 1 aliphatic carbocycles. The van der Waals surface area contributed by atoms with Gasteiger partial charge in [0.2, 0.25) is 0 Å². The zero-order valence-corrected chi connectivity index (χ0v) is 9.16. The van der Waals surface area contributed by atoms with Crippen molar-refractivity contribution >= 4 is 11.8 Å². The summed E-state index contributed by atoms with van der Waals surface area (Å²) in [5.41, 5.74) is 0. The van der Waals surface area contributed by atoms with Gasteiger partial charge in [0, 0.05) is 12.3 Å². The smallest absolute Gasteiger partial charge is 0.309 e. The largest absolute Gasteiger partial charge is 0.466 e. The number of carbonyl (C=O) groups excluding carboxylic acids is 2. The molecule has 0 aromatic carbocycles. The van der Waals surface area contributed by atoms with E-state index in [1.165, 1.54) is 0 Å². The van der Waals surface area contributed by atoms with E-state index in [4.69, 9.17) is 4.74 Å². The fourth-order valence-electron chi connectivity index (χ4n) is 2.10. The van der Waals surface area contributed by atoms with Crippen molar-refractivity contribution in [3.8, 4) is 0 Å². The predicted octanol–water partition coefficient (Wildman–Crippen LogP) is 1.89. The Morgan fingerprint density at radius 2 is 1.87 bits per heavy atom. The molecule has 0 aromatic rings. The molecule has 4 heteroatoms. The van der Waals surface area contributed by atoms with E-state index < -0.39 is 24.0 Å². The minimum absolute atomic E-state index is 0.0341. The average molecular weight is 216 g/mol. The lowest BCUT2D eigenvalue weighted by Gasteiger charge is -2.15. The molecule has 1 saturated carbocycles. The van der Waals surface area contributed by atoms with E-state index in [0.29, 0.717) is 6.42 Å². The predicted molar refractivity (Wildman–Crippen MR) is 53.0 cm³/mol. The van der Waals surface area contributed by atoms with E-state index in [1.54, 1.807) is 13.8 Å².